The number of fused-ring (bicyclic) bond motifs is 3. The van der Waals surface area contributed by atoms with Gasteiger partial charge in [-0.15, -0.1) is 11.3 Å². The molecule has 0 spiro atoms. The molecule has 0 aliphatic carbocycles. The van der Waals surface area contributed by atoms with Crippen LogP contribution in [0.25, 0.3) is 11.3 Å². The van der Waals surface area contributed by atoms with Gasteiger partial charge < -0.3 is 10.6 Å². The number of thiazole rings is 1. The molecule has 0 atom stereocenters. The van der Waals surface area contributed by atoms with Gasteiger partial charge in [-0.25, -0.2) is 4.98 Å². The number of hydrogen-bond acceptors (Lipinski definition) is 7. The predicted molar refractivity (Wildman–Crippen MR) is 115 cm³/mol. The van der Waals surface area contributed by atoms with Gasteiger partial charge in [0.05, 0.1) is 17.5 Å². The first-order valence-electron chi connectivity index (χ1n) is 10.1. The number of nitrogens with zero attached hydrogens (tertiary/aromatic N) is 5. The number of H-pyrrole nitrogens is 1. The van der Waals surface area contributed by atoms with Crippen LogP contribution in [0.3, 0.4) is 0 Å². The van der Waals surface area contributed by atoms with Crippen molar-refractivity contribution in [3.8, 4) is 11.3 Å². The van der Waals surface area contributed by atoms with Crippen molar-refractivity contribution in [3.63, 3.8) is 0 Å². The molecule has 2 aliphatic heterocycles. The number of nitrogens with two attached hydrogens (primary N) is 1. The van der Waals surface area contributed by atoms with Crippen LogP contribution in [-0.4, -0.2) is 76.8 Å². The van der Waals surface area contributed by atoms with Crippen LogP contribution in [0.1, 0.15) is 32.6 Å². The number of hydrogen-bond donors (Lipinski definition) is 2. The van der Waals surface area contributed by atoms with E-state index in [0.29, 0.717) is 11.2 Å². The number of piperazine rings is 1. The van der Waals surface area contributed by atoms with Gasteiger partial charge in [-0.05, 0) is 13.8 Å². The Kier molecular flexibility index (Phi) is 6.73. The minimum atomic E-state index is 0.647. The fourth-order valence-electron chi connectivity index (χ4n) is 3.78. The third-order valence-corrected chi connectivity index (χ3v) is 6.28. The molecule has 1 fully saturated rings. The molecule has 0 unspecified atom stereocenters. The summed E-state index contributed by atoms with van der Waals surface area (Å²) in [5.41, 5.74) is 8.01. The van der Waals surface area contributed by atoms with E-state index in [-0.39, 0.29) is 0 Å². The first kappa shape index (κ1) is 20.1. The van der Waals surface area contributed by atoms with Crippen LogP contribution in [0.5, 0.6) is 0 Å². The molecule has 0 bridgehead atoms. The minimum Gasteiger partial charge on any atom is -0.375 e. The van der Waals surface area contributed by atoms with E-state index in [4.69, 9.17) is 5.73 Å². The van der Waals surface area contributed by atoms with E-state index >= 15 is 0 Å². The van der Waals surface area contributed by atoms with Crippen molar-refractivity contribution in [2.45, 2.75) is 40.2 Å². The standard InChI is InChI=1S/C17H27N7S.C2H6/c1-12(2)23-8-5-22(6-9-23)7-10-24-4-3-14-15(20-17(18)25-14)13-11-19-21-16(13)24;1-2/h11-12H,3-10H2,1-2H3,(H2,18,20)(H,19,21);1-2H3. The van der Waals surface area contributed by atoms with Crippen molar-refractivity contribution in [2.24, 2.45) is 0 Å². The van der Waals surface area contributed by atoms with Crippen LogP contribution in [0.15, 0.2) is 6.20 Å². The van der Waals surface area contributed by atoms with E-state index in [9.17, 15) is 0 Å². The van der Waals surface area contributed by atoms with Crippen LogP contribution in [0, 0.1) is 0 Å². The quantitative estimate of drug-likeness (QED) is 0.834. The molecular formula is C19H33N7S. The van der Waals surface area contributed by atoms with Gasteiger partial charge in [0, 0.05) is 63.2 Å². The van der Waals surface area contributed by atoms with E-state index in [2.05, 4.69) is 43.7 Å². The molecule has 2 aliphatic rings. The van der Waals surface area contributed by atoms with Crippen molar-refractivity contribution in [1.82, 2.24) is 25.0 Å². The molecule has 0 amide bonds. The molecule has 8 heteroatoms. The summed E-state index contributed by atoms with van der Waals surface area (Å²) in [7, 11) is 0. The zero-order valence-corrected chi connectivity index (χ0v) is 17.8. The van der Waals surface area contributed by atoms with Gasteiger partial charge in [-0.3, -0.25) is 14.9 Å². The van der Waals surface area contributed by atoms with Crippen molar-refractivity contribution < 1.29 is 0 Å². The van der Waals surface area contributed by atoms with E-state index in [0.717, 1.165) is 56.2 Å². The number of anilines is 2. The Morgan fingerprint density at radius 1 is 1.15 bits per heavy atom. The summed E-state index contributed by atoms with van der Waals surface area (Å²) in [4.78, 5) is 13.4. The molecule has 7 nitrogen and oxygen atoms in total. The average molecular weight is 392 g/mol. The monoisotopic (exact) mass is 391 g/mol. The Hall–Kier alpha value is -1.64. The lowest BCUT2D eigenvalue weighted by Crippen LogP contribution is -2.50. The maximum Gasteiger partial charge on any atom is 0.180 e. The number of aromatic amines is 1. The Morgan fingerprint density at radius 3 is 2.59 bits per heavy atom. The molecule has 27 heavy (non-hydrogen) atoms. The predicted octanol–water partition coefficient (Wildman–Crippen LogP) is 2.53. The Morgan fingerprint density at radius 2 is 1.89 bits per heavy atom. The Balaban J connectivity index is 0.00000102. The molecule has 3 N–H and O–H groups in total. The highest BCUT2D eigenvalue weighted by Crippen LogP contribution is 2.37. The lowest BCUT2D eigenvalue weighted by atomic mass is 10.2. The second-order valence-electron chi connectivity index (χ2n) is 7.16. The van der Waals surface area contributed by atoms with Crippen LogP contribution < -0.4 is 10.6 Å². The van der Waals surface area contributed by atoms with Gasteiger partial charge in [0.15, 0.2) is 5.13 Å². The van der Waals surface area contributed by atoms with Crippen LogP contribution in [0.4, 0.5) is 10.9 Å². The van der Waals surface area contributed by atoms with Crippen molar-refractivity contribution in [1.29, 1.82) is 0 Å². The summed E-state index contributed by atoms with van der Waals surface area (Å²) in [6, 6.07) is 0.652. The average Bonchev–Trinajstić information content (AvgIpc) is 3.27. The topological polar surface area (TPSA) is 77.3 Å². The molecule has 0 radical (unpaired) electrons. The maximum atomic E-state index is 5.91. The zero-order chi connectivity index (χ0) is 19.4. The smallest absolute Gasteiger partial charge is 0.180 e. The summed E-state index contributed by atoms with van der Waals surface area (Å²) in [5.74, 6) is 1.09. The number of rotatable bonds is 4. The van der Waals surface area contributed by atoms with Crippen molar-refractivity contribution in [2.75, 3.05) is 56.4 Å². The third kappa shape index (κ3) is 4.44. The van der Waals surface area contributed by atoms with Gasteiger partial charge in [-0.1, -0.05) is 13.8 Å². The first-order chi connectivity index (χ1) is 13.1. The summed E-state index contributed by atoms with van der Waals surface area (Å²) in [6.07, 6.45) is 2.88. The Labute approximate surface area is 166 Å². The summed E-state index contributed by atoms with van der Waals surface area (Å²) >= 11 is 1.60. The third-order valence-electron chi connectivity index (χ3n) is 5.34. The Bertz CT molecular complexity index is 715. The van der Waals surface area contributed by atoms with Crippen LogP contribution in [-0.2, 0) is 6.42 Å². The minimum absolute atomic E-state index is 0.647. The van der Waals surface area contributed by atoms with E-state index in [1.165, 1.54) is 18.0 Å². The molecular weight excluding hydrogens is 358 g/mol. The van der Waals surface area contributed by atoms with Gasteiger partial charge >= 0.3 is 0 Å². The molecule has 4 rings (SSSR count). The highest BCUT2D eigenvalue weighted by Gasteiger charge is 2.25. The highest BCUT2D eigenvalue weighted by atomic mass is 32.1. The molecule has 4 heterocycles. The largest absolute Gasteiger partial charge is 0.375 e. The fraction of sp³-hybridized carbons (Fsp3) is 0.684. The molecule has 0 aromatic carbocycles. The molecule has 2 aromatic heterocycles. The zero-order valence-electron chi connectivity index (χ0n) is 17.0. The van der Waals surface area contributed by atoms with Gasteiger partial charge in [0.1, 0.15) is 5.82 Å². The van der Waals surface area contributed by atoms with Gasteiger partial charge in [0.25, 0.3) is 0 Å². The summed E-state index contributed by atoms with van der Waals surface area (Å²) < 4.78 is 0. The summed E-state index contributed by atoms with van der Waals surface area (Å²) in [5, 5.41) is 8.09. The van der Waals surface area contributed by atoms with E-state index in [1.54, 1.807) is 11.3 Å². The highest BCUT2D eigenvalue weighted by molar-refractivity contribution is 7.15. The van der Waals surface area contributed by atoms with E-state index in [1.807, 2.05) is 20.0 Å². The lowest BCUT2D eigenvalue weighted by molar-refractivity contribution is 0.110. The maximum absolute atomic E-state index is 5.91. The van der Waals surface area contributed by atoms with Crippen LogP contribution >= 0.6 is 11.3 Å². The normalized spacial score (nSPS) is 17.9. The summed E-state index contributed by atoms with van der Waals surface area (Å²) in [6.45, 7) is 16.3. The molecule has 1 saturated heterocycles. The SMILES string of the molecule is CC.CC(C)N1CCN(CCN2CCc3sc(N)nc3-c3cn[nH]c32)CC1. The lowest BCUT2D eigenvalue weighted by Gasteiger charge is -2.37. The molecule has 2 aromatic rings. The van der Waals surface area contributed by atoms with Crippen molar-refractivity contribution >= 4 is 22.3 Å². The number of aromatic nitrogens is 3. The van der Waals surface area contributed by atoms with E-state index < -0.39 is 0 Å². The van der Waals surface area contributed by atoms with Gasteiger partial charge in [0.2, 0.25) is 0 Å². The van der Waals surface area contributed by atoms with Crippen LogP contribution in [0.2, 0.25) is 0 Å². The number of nitrogen functional groups attached to an aromatic ring is 1. The second kappa shape index (κ2) is 9.03. The second-order valence-corrected chi connectivity index (χ2v) is 8.28. The van der Waals surface area contributed by atoms with Crippen molar-refractivity contribution in [3.05, 3.63) is 11.1 Å². The number of nitrogens with one attached hydrogen (secondary N) is 1. The molecule has 150 valence electrons. The fourth-order valence-corrected chi connectivity index (χ4v) is 4.62. The molecule has 0 saturated carbocycles. The van der Waals surface area contributed by atoms with Gasteiger partial charge in [-0.2, -0.15) is 5.10 Å². The first-order valence-corrected chi connectivity index (χ1v) is 10.9.